The van der Waals surface area contributed by atoms with E-state index in [1.807, 2.05) is 12.1 Å². The van der Waals surface area contributed by atoms with Crippen LogP contribution in [0, 0.1) is 6.57 Å². The number of halogens is 3. The van der Waals surface area contributed by atoms with Crippen LogP contribution >= 0.6 is 0 Å². The maximum absolute atomic E-state index is 12.8. The molecule has 0 aromatic heterocycles. The minimum atomic E-state index is -4.53. The van der Waals surface area contributed by atoms with Crippen LogP contribution in [0.3, 0.4) is 0 Å². The Morgan fingerprint density at radius 3 is 2.34 bits per heavy atom. The van der Waals surface area contributed by atoms with Crippen molar-refractivity contribution in [2.45, 2.75) is 49.9 Å². The van der Waals surface area contributed by atoms with Crippen LogP contribution in [-0.4, -0.2) is 48.4 Å². The summed E-state index contributed by atoms with van der Waals surface area (Å²) in [6.07, 6.45) is -0.173. The molecule has 2 fully saturated rings. The Kier molecular flexibility index (Phi) is 7.41. The molecule has 1 aliphatic carbocycles. The van der Waals surface area contributed by atoms with Gasteiger partial charge in [0, 0.05) is 24.7 Å². The number of hydrogen-bond donors (Lipinski definition) is 2. The zero-order chi connectivity index (χ0) is 25.0. The van der Waals surface area contributed by atoms with Gasteiger partial charge >= 0.3 is 6.18 Å². The van der Waals surface area contributed by atoms with E-state index >= 15 is 0 Å². The minimum absolute atomic E-state index is 0.00634. The van der Waals surface area contributed by atoms with Crippen molar-refractivity contribution >= 4 is 17.5 Å². The first-order valence-electron chi connectivity index (χ1n) is 11.7. The van der Waals surface area contributed by atoms with Gasteiger partial charge in [-0.1, -0.05) is 30.3 Å². The molecule has 2 amide bonds. The number of nitrogens with zero attached hydrogens (tertiary/aromatic N) is 2. The lowest BCUT2D eigenvalue weighted by Gasteiger charge is -2.46. The molecule has 1 saturated heterocycles. The average Bonchev–Trinajstić information content (AvgIpc) is 2.84. The molecule has 2 aliphatic rings. The van der Waals surface area contributed by atoms with Gasteiger partial charge in [0.05, 0.1) is 24.7 Å². The molecule has 1 saturated carbocycles. The highest BCUT2D eigenvalue weighted by atomic mass is 19.4. The number of amides is 2. The van der Waals surface area contributed by atoms with Crippen LogP contribution in [0.2, 0.25) is 0 Å². The number of benzene rings is 2. The normalized spacial score (nSPS) is 21.0. The molecule has 35 heavy (non-hydrogen) atoms. The van der Waals surface area contributed by atoms with Gasteiger partial charge in [-0.25, -0.2) is 4.85 Å². The number of alkyl halides is 3. The lowest BCUT2D eigenvalue weighted by Crippen LogP contribution is -2.63. The number of rotatable bonds is 6. The maximum Gasteiger partial charge on any atom is 0.416 e. The summed E-state index contributed by atoms with van der Waals surface area (Å²) in [6.45, 7) is 8.28. The lowest BCUT2D eigenvalue weighted by molar-refractivity contribution is -0.137. The first kappa shape index (κ1) is 24.7. The molecule has 0 bridgehead atoms. The zero-order valence-corrected chi connectivity index (χ0v) is 19.1. The summed E-state index contributed by atoms with van der Waals surface area (Å²) < 4.78 is 38.4. The topological polar surface area (TPSA) is 65.8 Å². The lowest BCUT2D eigenvalue weighted by atomic mass is 9.80. The second-order valence-electron chi connectivity index (χ2n) is 9.19. The van der Waals surface area contributed by atoms with E-state index in [-0.39, 0.29) is 24.1 Å². The van der Waals surface area contributed by atoms with Gasteiger partial charge in [-0.05, 0) is 55.4 Å². The second kappa shape index (κ2) is 10.5. The van der Waals surface area contributed by atoms with Gasteiger partial charge in [-0.15, -0.1) is 0 Å². The fourth-order valence-electron chi connectivity index (χ4n) is 4.88. The Bertz CT molecular complexity index is 1100. The van der Waals surface area contributed by atoms with E-state index in [1.54, 1.807) is 0 Å². The molecule has 9 heteroatoms. The Morgan fingerprint density at radius 2 is 1.71 bits per heavy atom. The third kappa shape index (κ3) is 6.20. The van der Waals surface area contributed by atoms with Crippen molar-refractivity contribution in [3.8, 4) is 0 Å². The predicted molar refractivity (Wildman–Crippen MR) is 125 cm³/mol. The molecule has 4 rings (SSSR count). The average molecular weight is 485 g/mol. The second-order valence-corrected chi connectivity index (χ2v) is 9.19. The highest BCUT2D eigenvalue weighted by molar-refractivity contribution is 5.96. The van der Waals surface area contributed by atoms with Crippen molar-refractivity contribution in [1.29, 1.82) is 0 Å². The predicted octanol–water partition coefficient (Wildman–Crippen LogP) is 4.51. The van der Waals surface area contributed by atoms with E-state index in [9.17, 15) is 22.8 Å². The standard InChI is InChI=1S/C26H27F3N4O2/c1-30-21-9-5-17(6-10-21)18-7-11-23(12-8-18)33-15-22(16-33)32-24(34)14-31-25(35)19-3-2-4-20(13-19)26(27,28)29/h2-6,9-10,13,18,22-23H,7-8,11-12,14-16H2,(H,31,35)(H,32,34). The van der Waals surface area contributed by atoms with Gasteiger partial charge < -0.3 is 10.6 Å². The molecular formula is C26H27F3N4O2. The zero-order valence-electron chi connectivity index (χ0n) is 19.1. The van der Waals surface area contributed by atoms with E-state index in [0.29, 0.717) is 17.6 Å². The quantitative estimate of drug-likeness (QED) is 0.593. The molecule has 2 aromatic rings. The van der Waals surface area contributed by atoms with E-state index in [1.165, 1.54) is 17.7 Å². The first-order chi connectivity index (χ1) is 16.7. The van der Waals surface area contributed by atoms with Crippen molar-refractivity contribution in [2.24, 2.45) is 0 Å². The van der Waals surface area contributed by atoms with Crippen LogP contribution in [0.25, 0.3) is 4.85 Å². The van der Waals surface area contributed by atoms with Crippen LogP contribution in [0.4, 0.5) is 18.9 Å². The molecule has 1 aliphatic heterocycles. The van der Waals surface area contributed by atoms with Gasteiger partial charge in [-0.2, -0.15) is 13.2 Å². The van der Waals surface area contributed by atoms with Crippen molar-refractivity contribution in [2.75, 3.05) is 19.6 Å². The van der Waals surface area contributed by atoms with Crippen molar-refractivity contribution in [3.05, 3.63) is 76.6 Å². The summed E-state index contributed by atoms with van der Waals surface area (Å²) in [5.41, 5.74) is 0.902. The Hall–Kier alpha value is -3.38. The molecule has 2 N–H and O–H groups in total. The Labute approximate surface area is 202 Å². The van der Waals surface area contributed by atoms with Crippen molar-refractivity contribution in [3.63, 3.8) is 0 Å². The van der Waals surface area contributed by atoms with Crippen molar-refractivity contribution < 1.29 is 22.8 Å². The van der Waals surface area contributed by atoms with Crippen LogP contribution in [0.5, 0.6) is 0 Å². The monoisotopic (exact) mass is 484 g/mol. The fourth-order valence-corrected chi connectivity index (χ4v) is 4.88. The SMILES string of the molecule is [C-]#[N+]c1ccc(C2CCC(N3CC(NC(=O)CNC(=O)c4cccc(C(F)(F)F)c4)C3)CC2)cc1. The number of likely N-dealkylation sites (tertiary alicyclic amines) is 1. The van der Waals surface area contributed by atoms with Crippen LogP contribution in [0.1, 0.15) is 53.1 Å². The summed E-state index contributed by atoms with van der Waals surface area (Å²) in [5.74, 6) is -0.563. The van der Waals surface area contributed by atoms with E-state index < -0.39 is 17.6 Å². The number of nitrogens with one attached hydrogen (secondary N) is 2. The summed E-state index contributed by atoms with van der Waals surface area (Å²) in [4.78, 5) is 30.1. The van der Waals surface area contributed by atoms with E-state index in [2.05, 4.69) is 32.5 Å². The summed E-state index contributed by atoms with van der Waals surface area (Å²) >= 11 is 0. The minimum Gasteiger partial charge on any atom is -0.349 e. The molecule has 184 valence electrons. The number of carbonyl (C=O) groups excluding carboxylic acids is 2. The summed E-state index contributed by atoms with van der Waals surface area (Å²) in [7, 11) is 0. The largest absolute Gasteiger partial charge is 0.416 e. The van der Waals surface area contributed by atoms with Gasteiger partial charge in [-0.3, -0.25) is 14.5 Å². The molecule has 0 radical (unpaired) electrons. The van der Waals surface area contributed by atoms with Crippen molar-refractivity contribution in [1.82, 2.24) is 15.5 Å². The van der Waals surface area contributed by atoms with E-state index in [4.69, 9.17) is 6.57 Å². The van der Waals surface area contributed by atoms with Gasteiger partial charge in [0.25, 0.3) is 5.91 Å². The third-order valence-corrected chi connectivity index (χ3v) is 6.84. The maximum atomic E-state index is 12.8. The molecule has 0 unspecified atom stereocenters. The Morgan fingerprint density at radius 1 is 1.03 bits per heavy atom. The first-order valence-corrected chi connectivity index (χ1v) is 11.7. The summed E-state index contributed by atoms with van der Waals surface area (Å²) in [5, 5.41) is 5.26. The van der Waals surface area contributed by atoms with Crippen LogP contribution in [0.15, 0.2) is 48.5 Å². The third-order valence-electron chi connectivity index (χ3n) is 6.84. The number of carbonyl (C=O) groups is 2. The highest BCUT2D eigenvalue weighted by Gasteiger charge is 2.35. The number of hydrogen-bond acceptors (Lipinski definition) is 3. The molecule has 6 nitrogen and oxygen atoms in total. The molecule has 2 aromatic carbocycles. The Balaban J connectivity index is 1.16. The highest BCUT2D eigenvalue weighted by Crippen LogP contribution is 2.36. The van der Waals surface area contributed by atoms with Crippen LogP contribution in [-0.2, 0) is 11.0 Å². The molecular weight excluding hydrogens is 457 g/mol. The van der Waals surface area contributed by atoms with Gasteiger partial charge in [0.2, 0.25) is 5.91 Å². The molecule has 1 heterocycles. The fraction of sp³-hybridized carbons (Fsp3) is 0.423. The van der Waals surface area contributed by atoms with Gasteiger partial charge in [0.15, 0.2) is 5.69 Å². The summed E-state index contributed by atoms with van der Waals surface area (Å²) in [6, 6.07) is 12.5. The smallest absolute Gasteiger partial charge is 0.349 e. The van der Waals surface area contributed by atoms with E-state index in [0.717, 1.165) is 50.9 Å². The molecule has 0 spiro atoms. The molecule has 0 atom stereocenters. The van der Waals surface area contributed by atoms with Gasteiger partial charge in [0.1, 0.15) is 0 Å². The van der Waals surface area contributed by atoms with Crippen LogP contribution < -0.4 is 10.6 Å².